The average molecular weight is 448 g/mol. The van der Waals surface area contributed by atoms with E-state index < -0.39 is 0 Å². The third kappa shape index (κ3) is 5.93. The maximum absolute atomic E-state index is 5.67. The van der Waals surface area contributed by atoms with Crippen LogP contribution in [0.2, 0.25) is 0 Å². The van der Waals surface area contributed by atoms with Gasteiger partial charge in [0.15, 0.2) is 5.96 Å². The Morgan fingerprint density at radius 3 is 2.67 bits per heavy atom. The normalized spacial score (nSPS) is 15.4. The Balaban J connectivity index is 1.37. The third-order valence-electron chi connectivity index (χ3n) is 6.03. The number of aromatic nitrogens is 1. The van der Waals surface area contributed by atoms with Crippen molar-refractivity contribution in [2.75, 3.05) is 33.8 Å². The second-order valence-electron chi connectivity index (χ2n) is 8.35. The average Bonchev–Trinajstić information content (AvgIpc) is 3.55. The van der Waals surface area contributed by atoms with Gasteiger partial charge >= 0.3 is 0 Å². The smallest absolute Gasteiger partial charge is 0.226 e. The van der Waals surface area contributed by atoms with Gasteiger partial charge in [0.2, 0.25) is 5.89 Å². The predicted octanol–water partition coefficient (Wildman–Crippen LogP) is 4.16. The Bertz CT molecular complexity index is 1050. The van der Waals surface area contributed by atoms with Crippen LogP contribution in [-0.2, 0) is 6.54 Å². The lowest BCUT2D eigenvalue weighted by Crippen LogP contribution is -2.42. The van der Waals surface area contributed by atoms with Crippen LogP contribution in [-0.4, -0.2) is 49.6 Å². The molecule has 0 amide bonds. The number of hydrogen-bond acceptors (Lipinski definition) is 5. The van der Waals surface area contributed by atoms with Crippen molar-refractivity contribution in [3.8, 4) is 17.2 Å². The molecule has 1 unspecified atom stereocenters. The van der Waals surface area contributed by atoms with Crippen LogP contribution in [0.4, 0.5) is 0 Å². The molecule has 1 saturated heterocycles. The predicted molar refractivity (Wildman–Crippen MR) is 131 cm³/mol. The second kappa shape index (κ2) is 11.0. The van der Waals surface area contributed by atoms with Gasteiger partial charge in [-0.05, 0) is 62.7 Å². The number of guanidine groups is 1. The molecule has 4 rings (SSSR count). The third-order valence-corrected chi connectivity index (χ3v) is 6.03. The van der Waals surface area contributed by atoms with Gasteiger partial charge in [-0.3, -0.25) is 9.89 Å². The summed E-state index contributed by atoms with van der Waals surface area (Å²) in [4.78, 5) is 11.5. The number of hydrogen-bond donors (Lipinski definition) is 2. The van der Waals surface area contributed by atoms with Crippen molar-refractivity contribution in [3.63, 3.8) is 0 Å². The van der Waals surface area contributed by atoms with E-state index in [0.717, 1.165) is 42.6 Å². The molecule has 33 heavy (non-hydrogen) atoms. The highest BCUT2D eigenvalue weighted by Gasteiger charge is 2.24. The monoisotopic (exact) mass is 447 g/mol. The number of likely N-dealkylation sites (tertiary alicyclic amines) is 1. The number of benzene rings is 2. The lowest BCUT2D eigenvalue weighted by molar-refractivity contribution is 0.245. The van der Waals surface area contributed by atoms with Crippen molar-refractivity contribution in [3.05, 3.63) is 71.6 Å². The summed E-state index contributed by atoms with van der Waals surface area (Å²) >= 11 is 0. The summed E-state index contributed by atoms with van der Waals surface area (Å²) < 4.78 is 11.1. The first-order chi connectivity index (χ1) is 16.2. The lowest BCUT2D eigenvalue weighted by Gasteiger charge is -2.29. The molecule has 2 heterocycles. The maximum Gasteiger partial charge on any atom is 0.226 e. The Morgan fingerprint density at radius 1 is 1.15 bits per heavy atom. The largest absolute Gasteiger partial charge is 0.497 e. The topological polar surface area (TPSA) is 74.9 Å². The van der Waals surface area contributed by atoms with Crippen LogP contribution in [0.25, 0.3) is 11.5 Å². The SMILES string of the molecule is CN=C(NCc1coc(-c2ccc(C)cc2)n1)NCC(c1cccc(OC)c1)N1CCCC1. The molecule has 7 heteroatoms. The highest BCUT2D eigenvalue weighted by molar-refractivity contribution is 5.79. The van der Waals surface area contributed by atoms with Crippen LogP contribution >= 0.6 is 0 Å². The molecule has 2 aromatic carbocycles. The molecule has 1 aromatic heterocycles. The number of nitrogens with one attached hydrogen (secondary N) is 2. The van der Waals surface area contributed by atoms with Crippen molar-refractivity contribution < 1.29 is 9.15 Å². The fraction of sp³-hybridized carbons (Fsp3) is 0.385. The Hall–Kier alpha value is -3.32. The van der Waals surface area contributed by atoms with E-state index in [1.54, 1.807) is 20.4 Å². The Morgan fingerprint density at radius 2 is 1.94 bits per heavy atom. The highest BCUT2D eigenvalue weighted by Crippen LogP contribution is 2.27. The number of nitrogens with zero attached hydrogens (tertiary/aromatic N) is 3. The number of rotatable bonds is 8. The minimum atomic E-state index is 0.251. The Kier molecular flexibility index (Phi) is 7.62. The summed E-state index contributed by atoms with van der Waals surface area (Å²) in [5.74, 6) is 2.25. The molecule has 3 aromatic rings. The zero-order valence-corrected chi connectivity index (χ0v) is 19.7. The molecule has 0 saturated carbocycles. The zero-order valence-electron chi connectivity index (χ0n) is 19.7. The van der Waals surface area contributed by atoms with E-state index in [1.807, 2.05) is 18.2 Å². The van der Waals surface area contributed by atoms with Gasteiger partial charge in [0.1, 0.15) is 12.0 Å². The molecule has 2 N–H and O–H groups in total. The number of methoxy groups -OCH3 is 1. The molecule has 0 spiro atoms. The van der Waals surface area contributed by atoms with E-state index in [2.05, 4.69) is 62.8 Å². The van der Waals surface area contributed by atoms with Gasteiger partial charge in [-0.15, -0.1) is 0 Å². The van der Waals surface area contributed by atoms with Crippen LogP contribution in [0.1, 0.15) is 35.7 Å². The van der Waals surface area contributed by atoms with Crippen LogP contribution in [0, 0.1) is 6.92 Å². The maximum atomic E-state index is 5.67. The number of ether oxygens (including phenoxy) is 1. The first-order valence-corrected chi connectivity index (χ1v) is 11.5. The van der Waals surface area contributed by atoms with Crippen molar-refractivity contribution in [1.82, 2.24) is 20.5 Å². The molecule has 1 aliphatic heterocycles. The Labute approximate surface area is 195 Å². The van der Waals surface area contributed by atoms with E-state index >= 15 is 0 Å². The van der Waals surface area contributed by atoms with Gasteiger partial charge in [0.05, 0.1) is 25.4 Å². The molecule has 1 fully saturated rings. The molecular formula is C26H33N5O2. The summed E-state index contributed by atoms with van der Waals surface area (Å²) in [5, 5.41) is 6.85. The van der Waals surface area contributed by atoms with E-state index in [9.17, 15) is 0 Å². The zero-order chi connectivity index (χ0) is 23.0. The van der Waals surface area contributed by atoms with Gasteiger partial charge in [0.25, 0.3) is 0 Å². The van der Waals surface area contributed by atoms with E-state index in [4.69, 9.17) is 9.15 Å². The van der Waals surface area contributed by atoms with Crippen LogP contribution in [0.5, 0.6) is 5.75 Å². The second-order valence-corrected chi connectivity index (χ2v) is 8.35. The van der Waals surface area contributed by atoms with Gasteiger partial charge < -0.3 is 19.8 Å². The summed E-state index contributed by atoms with van der Waals surface area (Å²) in [6.45, 7) is 5.56. The van der Waals surface area contributed by atoms with Gasteiger partial charge in [0, 0.05) is 19.2 Å². The fourth-order valence-corrected chi connectivity index (χ4v) is 4.16. The molecular weight excluding hydrogens is 414 g/mol. The summed E-state index contributed by atoms with van der Waals surface area (Å²) in [6.07, 6.45) is 4.17. The lowest BCUT2D eigenvalue weighted by atomic mass is 10.1. The van der Waals surface area contributed by atoms with Gasteiger partial charge in [-0.2, -0.15) is 0 Å². The van der Waals surface area contributed by atoms with Gasteiger partial charge in [-0.25, -0.2) is 4.98 Å². The summed E-state index contributed by atoms with van der Waals surface area (Å²) in [6, 6.07) is 16.8. The van der Waals surface area contributed by atoms with Crippen molar-refractivity contribution >= 4 is 5.96 Å². The van der Waals surface area contributed by atoms with Gasteiger partial charge in [-0.1, -0.05) is 29.8 Å². The first kappa shape index (κ1) is 22.9. The molecule has 0 aliphatic carbocycles. The molecule has 0 bridgehead atoms. The number of aliphatic imine (C=N–C) groups is 1. The van der Waals surface area contributed by atoms with Crippen molar-refractivity contribution in [1.29, 1.82) is 0 Å². The quantitative estimate of drug-likeness (QED) is 0.399. The standard InChI is InChI=1S/C26H33N5O2/c1-19-9-11-20(12-10-19)25-30-22(18-33-25)16-28-26(27-2)29-17-24(31-13-4-5-14-31)21-7-6-8-23(15-21)32-3/h6-12,15,18,24H,4-5,13-14,16-17H2,1-3H3,(H2,27,28,29). The van der Waals surface area contributed by atoms with Crippen LogP contribution < -0.4 is 15.4 Å². The molecule has 174 valence electrons. The minimum absolute atomic E-state index is 0.251. The van der Waals surface area contributed by atoms with Crippen molar-refractivity contribution in [2.45, 2.75) is 32.4 Å². The van der Waals surface area contributed by atoms with Crippen LogP contribution in [0.15, 0.2) is 64.2 Å². The van der Waals surface area contributed by atoms with E-state index in [0.29, 0.717) is 12.4 Å². The first-order valence-electron chi connectivity index (χ1n) is 11.5. The molecule has 1 atom stereocenters. The summed E-state index contributed by atoms with van der Waals surface area (Å²) in [5.41, 5.74) is 4.26. The minimum Gasteiger partial charge on any atom is -0.497 e. The van der Waals surface area contributed by atoms with Crippen molar-refractivity contribution in [2.24, 2.45) is 4.99 Å². The molecule has 1 aliphatic rings. The number of aryl methyl sites for hydroxylation is 1. The van der Waals surface area contributed by atoms with E-state index in [-0.39, 0.29) is 6.04 Å². The summed E-state index contributed by atoms with van der Waals surface area (Å²) in [7, 11) is 3.49. The van der Waals surface area contributed by atoms with Crippen LogP contribution in [0.3, 0.4) is 0 Å². The van der Waals surface area contributed by atoms with E-state index in [1.165, 1.54) is 24.0 Å². The fourth-order valence-electron chi connectivity index (χ4n) is 4.16. The molecule has 0 radical (unpaired) electrons. The highest BCUT2D eigenvalue weighted by atomic mass is 16.5. The molecule has 7 nitrogen and oxygen atoms in total. The number of oxazole rings is 1.